The average molecular weight is 426 g/mol. The molecule has 0 saturated carbocycles. The third-order valence-electron chi connectivity index (χ3n) is 4.72. The predicted molar refractivity (Wildman–Crippen MR) is 110 cm³/mol. The molecule has 1 aromatic carbocycles. The quantitative estimate of drug-likeness (QED) is 0.425. The zero-order chi connectivity index (χ0) is 22.5. The predicted octanol–water partition coefficient (Wildman–Crippen LogP) is 1.73. The third kappa shape index (κ3) is 4.68. The van der Waals surface area contributed by atoms with Gasteiger partial charge in [0.2, 0.25) is 5.78 Å². The molecule has 0 aliphatic carbocycles. The van der Waals surface area contributed by atoms with E-state index < -0.39 is 24.3 Å². The molecule has 0 radical (unpaired) electrons. The van der Waals surface area contributed by atoms with Crippen LogP contribution in [0.25, 0.3) is 10.9 Å². The molecule has 31 heavy (non-hydrogen) atoms. The number of aromatic nitrogens is 4. The Kier molecular flexibility index (Phi) is 6.58. The van der Waals surface area contributed by atoms with Crippen LogP contribution in [0.2, 0.25) is 0 Å². The highest BCUT2D eigenvalue weighted by atomic mass is 16.5. The lowest BCUT2D eigenvalue weighted by atomic mass is 10.1. The summed E-state index contributed by atoms with van der Waals surface area (Å²) in [5.74, 6) is -1.66. The molecule has 0 bridgehead atoms. The van der Waals surface area contributed by atoms with Gasteiger partial charge in [-0.1, -0.05) is 17.3 Å². The normalized spacial score (nSPS) is 10.8. The Balaban J connectivity index is 1.60. The summed E-state index contributed by atoms with van der Waals surface area (Å²) in [6.07, 6.45) is -0.153. The van der Waals surface area contributed by atoms with Gasteiger partial charge >= 0.3 is 11.9 Å². The Hall–Kier alpha value is -3.82. The van der Waals surface area contributed by atoms with E-state index in [1.54, 1.807) is 45.0 Å². The Morgan fingerprint density at radius 3 is 2.61 bits per heavy atom. The van der Waals surface area contributed by atoms with Crippen LogP contribution in [0.4, 0.5) is 0 Å². The van der Waals surface area contributed by atoms with Gasteiger partial charge in [-0.05, 0) is 38.5 Å². The van der Waals surface area contributed by atoms with Gasteiger partial charge in [-0.25, -0.2) is 9.48 Å². The number of rotatable bonds is 8. The van der Waals surface area contributed by atoms with E-state index in [0.717, 1.165) is 4.68 Å². The highest BCUT2D eigenvalue weighted by Gasteiger charge is 2.23. The van der Waals surface area contributed by atoms with Crippen LogP contribution in [0.15, 0.2) is 29.1 Å². The Morgan fingerprint density at radius 2 is 1.87 bits per heavy atom. The molecule has 1 N–H and O–H groups in total. The largest absolute Gasteiger partial charge is 0.461 e. The number of carbonyl (C=O) groups excluding carboxylic acids is 3. The van der Waals surface area contributed by atoms with Crippen molar-refractivity contribution in [3.05, 3.63) is 57.1 Å². The van der Waals surface area contributed by atoms with Crippen LogP contribution >= 0.6 is 0 Å². The summed E-state index contributed by atoms with van der Waals surface area (Å²) >= 11 is 0. The fourth-order valence-electron chi connectivity index (χ4n) is 3.23. The number of Topliss-reactive ketones (excluding diaryl/α,β-unsaturated/α-hetero) is 1. The van der Waals surface area contributed by atoms with Crippen molar-refractivity contribution in [1.29, 1.82) is 0 Å². The summed E-state index contributed by atoms with van der Waals surface area (Å²) < 4.78 is 11.1. The summed E-state index contributed by atoms with van der Waals surface area (Å²) in [4.78, 5) is 51.8. The molecule has 0 aliphatic rings. The van der Waals surface area contributed by atoms with Gasteiger partial charge in [0.05, 0.1) is 25.0 Å². The molecular weight excluding hydrogens is 404 g/mol. The minimum Gasteiger partial charge on any atom is -0.461 e. The van der Waals surface area contributed by atoms with Crippen LogP contribution < -0.4 is 5.56 Å². The second-order valence-corrected chi connectivity index (χ2v) is 6.81. The Labute approximate surface area is 177 Å². The van der Waals surface area contributed by atoms with E-state index in [2.05, 4.69) is 15.3 Å². The van der Waals surface area contributed by atoms with Crippen LogP contribution in [-0.4, -0.2) is 50.9 Å². The topological polar surface area (TPSA) is 133 Å². The molecule has 162 valence electrons. The minimum atomic E-state index is -0.660. The molecule has 0 atom stereocenters. The molecule has 0 amide bonds. The molecule has 0 unspecified atom stereocenters. The Morgan fingerprint density at radius 1 is 1.13 bits per heavy atom. The van der Waals surface area contributed by atoms with Crippen molar-refractivity contribution >= 4 is 28.6 Å². The van der Waals surface area contributed by atoms with E-state index >= 15 is 0 Å². The molecule has 3 aromatic rings. The van der Waals surface area contributed by atoms with E-state index in [-0.39, 0.29) is 36.4 Å². The lowest BCUT2D eigenvalue weighted by Gasteiger charge is -2.07. The van der Waals surface area contributed by atoms with E-state index in [0.29, 0.717) is 22.2 Å². The lowest BCUT2D eigenvalue weighted by Crippen LogP contribution is -2.26. The SMILES string of the molecule is CCOC(=O)c1[nH]c(C)c(C(=O)COC(=O)CCn2nnc3ccccc3c2=O)c1C. The van der Waals surface area contributed by atoms with Crippen LogP contribution in [0.3, 0.4) is 0 Å². The molecule has 2 aromatic heterocycles. The maximum atomic E-state index is 12.5. The number of fused-ring (bicyclic) bond motifs is 1. The summed E-state index contributed by atoms with van der Waals surface area (Å²) in [7, 11) is 0. The van der Waals surface area contributed by atoms with Crippen molar-refractivity contribution < 1.29 is 23.9 Å². The number of ether oxygens (including phenoxy) is 2. The number of carbonyl (C=O) groups is 3. The highest BCUT2D eigenvalue weighted by Crippen LogP contribution is 2.19. The van der Waals surface area contributed by atoms with E-state index in [4.69, 9.17) is 9.47 Å². The van der Waals surface area contributed by atoms with Gasteiger partial charge in [0.1, 0.15) is 11.2 Å². The van der Waals surface area contributed by atoms with Crippen molar-refractivity contribution in [2.24, 2.45) is 0 Å². The van der Waals surface area contributed by atoms with Crippen molar-refractivity contribution in [2.45, 2.75) is 33.7 Å². The van der Waals surface area contributed by atoms with Gasteiger partial charge < -0.3 is 14.5 Å². The minimum absolute atomic E-state index is 0.0289. The molecule has 0 saturated heterocycles. The number of hydrogen-bond acceptors (Lipinski definition) is 8. The van der Waals surface area contributed by atoms with Gasteiger partial charge in [0.25, 0.3) is 5.56 Å². The molecular formula is C21H22N4O6. The summed E-state index contributed by atoms with van der Waals surface area (Å²) in [6.45, 7) is 4.65. The van der Waals surface area contributed by atoms with Crippen molar-refractivity contribution in [3.63, 3.8) is 0 Å². The third-order valence-corrected chi connectivity index (χ3v) is 4.72. The van der Waals surface area contributed by atoms with E-state index in [1.807, 2.05) is 0 Å². The van der Waals surface area contributed by atoms with Crippen LogP contribution in [0.1, 0.15) is 45.4 Å². The van der Waals surface area contributed by atoms with E-state index in [9.17, 15) is 19.2 Å². The lowest BCUT2D eigenvalue weighted by molar-refractivity contribution is -0.142. The standard InChI is InChI=1S/C21H22N4O6/c1-4-30-21(29)19-12(2)18(13(3)22-19)16(26)11-31-17(27)9-10-25-20(28)14-7-5-6-8-15(14)23-24-25/h5-8,22H,4,9-11H2,1-3H3. The summed E-state index contributed by atoms with van der Waals surface area (Å²) in [5, 5.41) is 8.16. The highest BCUT2D eigenvalue weighted by molar-refractivity contribution is 6.03. The zero-order valence-corrected chi connectivity index (χ0v) is 17.4. The van der Waals surface area contributed by atoms with Crippen LogP contribution in [0, 0.1) is 13.8 Å². The van der Waals surface area contributed by atoms with Crippen LogP contribution in [-0.2, 0) is 20.8 Å². The van der Waals surface area contributed by atoms with Gasteiger partial charge in [-0.2, -0.15) is 0 Å². The fourth-order valence-corrected chi connectivity index (χ4v) is 3.23. The van der Waals surface area contributed by atoms with Crippen LogP contribution in [0.5, 0.6) is 0 Å². The number of aromatic amines is 1. The average Bonchev–Trinajstić information content (AvgIpc) is 3.06. The number of benzene rings is 1. The first kappa shape index (κ1) is 21.9. The number of H-pyrrole nitrogens is 1. The number of esters is 2. The monoisotopic (exact) mass is 426 g/mol. The summed E-state index contributed by atoms with van der Waals surface area (Å²) in [5.41, 5.74) is 1.52. The molecule has 3 rings (SSSR count). The van der Waals surface area contributed by atoms with E-state index in [1.165, 1.54) is 0 Å². The van der Waals surface area contributed by atoms with Gasteiger partial charge in [-0.15, -0.1) is 5.10 Å². The molecule has 10 nitrogen and oxygen atoms in total. The first-order valence-electron chi connectivity index (χ1n) is 9.71. The number of ketones is 1. The maximum Gasteiger partial charge on any atom is 0.355 e. The second-order valence-electron chi connectivity index (χ2n) is 6.81. The molecule has 0 aliphatic heterocycles. The first-order chi connectivity index (χ1) is 14.8. The molecule has 2 heterocycles. The molecule has 0 spiro atoms. The maximum absolute atomic E-state index is 12.5. The first-order valence-corrected chi connectivity index (χ1v) is 9.71. The number of nitrogens with zero attached hydrogens (tertiary/aromatic N) is 3. The van der Waals surface area contributed by atoms with Crippen molar-refractivity contribution in [1.82, 2.24) is 20.0 Å². The van der Waals surface area contributed by atoms with Crippen molar-refractivity contribution in [3.8, 4) is 0 Å². The molecule has 10 heteroatoms. The summed E-state index contributed by atoms with van der Waals surface area (Å²) in [6, 6.07) is 6.77. The number of aryl methyl sites for hydroxylation is 2. The van der Waals surface area contributed by atoms with Gasteiger partial charge in [0.15, 0.2) is 6.61 Å². The van der Waals surface area contributed by atoms with Crippen molar-refractivity contribution in [2.75, 3.05) is 13.2 Å². The number of hydrogen-bond donors (Lipinski definition) is 1. The fraction of sp³-hybridized carbons (Fsp3) is 0.333. The number of nitrogens with one attached hydrogen (secondary N) is 1. The Bertz CT molecular complexity index is 1210. The molecule has 0 fully saturated rings. The van der Waals surface area contributed by atoms with Gasteiger partial charge in [-0.3, -0.25) is 14.4 Å². The zero-order valence-electron chi connectivity index (χ0n) is 17.4. The van der Waals surface area contributed by atoms with Gasteiger partial charge in [0, 0.05) is 11.3 Å². The second kappa shape index (κ2) is 9.33. The smallest absolute Gasteiger partial charge is 0.355 e.